The van der Waals surface area contributed by atoms with E-state index in [4.69, 9.17) is 17.3 Å². The summed E-state index contributed by atoms with van der Waals surface area (Å²) in [5, 5.41) is 10.2. The van der Waals surface area contributed by atoms with Crippen molar-refractivity contribution in [1.82, 2.24) is 0 Å². The summed E-state index contributed by atoms with van der Waals surface area (Å²) in [6.45, 7) is 1.54. The molecule has 1 amide bonds. The van der Waals surface area contributed by atoms with Crippen molar-refractivity contribution in [2.45, 2.75) is 19.1 Å². The van der Waals surface area contributed by atoms with Crippen LogP contribution in [0.5, 0.6) is 0 Å². The van der Waals surface area contributed by atoms with Gasteiger partial charge in [-0.1, -0.05) is 29.8 Å². The Kier molecular flexibility index (Phi) is 3.94. The first-order valence-electron chi connectivity index (χ1n) is 4.41. The van der Waals surface area contributed by atoms with Gasteiger partial charge in [0.1, 0.15) is 12.2 Å². The summed E-state index contributed by atoms with van der Waals surface area (Å²) >= 11 is 5.87. The SMILES string of the molecule is C[C@H](OC(N)=O)[C@H](O)c1ccccc1Cl. The molecule has 2 atom stereocenters. The Balaban J connectivity index is 2.80. The number of halogens is 1. The van der Waals surface area contributed by atoms with Crippen LogP contribution >= 0.6 is 11.6 Å². The first-order chi connectivity index (χ1) is 7.02. The Hall–Kier alpha value is -1.26. The average molecular weight is 230 g/mol. The molecule has 0 aliphatic carbocycles. The van der Waals surface area contributed by atoms with Crippen LogP contribution in [0.25, 0.3) is 0 Å². The molecule has 0 saturated heterocycles. The largest absolute Gasteiger partial charge is 0.444 e. The second-order valence-corrected chi connectivity index (χ2v) is 3.52. The summed E-state index contributed by atoms with van der Waals surface area (Å²) in [7, 11) is 0. The van der Waals surface area contributed by atoms with Crippen LogP contribution in [0.2, 0.25) is 5.02 Å². The molecule has 0 aliphatic rings. The molecule has 0 aliphatic heterocycles. The van der Waals surface area contributed by atoms with E-state index in [1.165, 1.54) is 0 Å². The summed E-state index contributed by atoms with van der Waals surface area (Å²) in [5.41, 5.74) is 5.35. The van der Waals surface area contributed by atoms with Crippen molar-refractivity contribution in [1.29, 1.82) is 0 Å². The number of hydrogen-bond acceptors (Lipinski definition) is 3. The number of nitrogens with two attached hydrogens (primary N) is 1. The maximum Gasteiger partial charge on any atom is 0.404 e. The summed E-state index contributed by atoms with van der Waals surface area (Å²) in [5.74, 6) is 0. The van der Waals surface area contributed by atoms with Crippen LogP contribution in [-0.4, -0.2) is 17.3 Å². The van der Waals surface area contributed by atoms with E-state index in [0.29, 0.717) is 10.6 Å². The van der Waals surface area contributed by atoms with E-state index in [-0.39, 0.29) is 0 Å². The lowest BCUT2D eigenvalue weighted by Gasteiger charge is -2.19. The fourth-order valence-corrected chi connectivity index (χ4v) is 1.46. The molecule has 0 bridgehead atoms. The van der Waals surface area contributed by atoms with E-state index in [9.17, 15) is 9.90 Å². The van der Waals surface area contributed by atoms with Crippen LogP contribution in [0.4, 0.5) is 4.79 Å². The minimum Gasteiger partial charge on any atom is -0.444 e. The lowest BCUT2D eigenvalue weighted by molar-refractivity contribution is 0.0158. The fourth-order valence-electron chi connectivity index (χ4n) is 1.22. The quantitative estimate of drug-likeness (QED) is 0.831. The highest BCUT2D eigenvalue weighted by Crippen LogP contribution is 2.25. The molecule has 4 nitrogen and oxygen atoms in total. The van der Waals surface area contributed by atoms with Gasteiger partial charge in [-0.25, -0.2) is 4.79 Å². The van der Waals surface area contributed by atoms with Crippen molar-refractivity contribution < 1.29 is 14.6 Å². The highest BCUT2D eigenvalue weighted by Gasteiger charge is 2.21. The van der Waals surface area contributed by atoms with Crippen LogP contribution in [0.3, 0.4) is 0 Å². The van der Waals surface area contributed by atoms with Crippen molar-refractivity contribution in [2.24, 2.45) is 5.73 Å². The molecule has 15 heavy (non-hydrogen) atoms. The standard InChI is InChI=1S/C10H12ClNO3/c1-6(15-10(12)14)9(13)7-4-2-3-5-8(7)11/h2-6,9,13H,1H3,(H2,12,14)/t6-,9-/m0/s1. The van der Waals surface area contributed by atoms with Gasteiger partial charge in [0.05, 0.1) is 0 Å². The Morgan fingerprint density at radius 2 is 2.13 bits per heavy atom. The van der Waals surface area contributed by atoms with Gasteiger partial charge in [0.25, 0.3) is 0 Å². The minimum absolute atomic E-state index is 0.421. The van der Waals surface area contributed by atoms with Crippen LogP contribution in [0, 0.1) is 0 Å². The van der Waals surface area contributed by atoms with E-state index < -0.39 is 18.3 Å². The van der Waals surface area contributed by atoms with Crippen molar-refractivity contribution in [3.63, 3.8) is 0 Å². The summed E-state index contributed by atoms with van der Waals surface area (Å²) < 4.78 is 4.65. The van der Waals surface area contributed by atoms with Gasteiger partial charge in [-0.15, -0.1) is 0 Å². The van der Waals surface area contributed by atoms with Crippen LogP contribution in [0.1, 0.15) is 18.6 Å². The molecule has 0 saturated carbocycles. The molecule has 3 N–H and O–H groups in total. The zero-order chi connectivity index (χ0) is 11.4. The van der Waals surface area contributed by atoms with Gasteiger partial charge in [0, 0.05) is 10.6 Å². The number of rotatable bonds is 3. The summed E-state index contributed by atoms with van der Waals surface area (Å²) in [6, 6.07) is 6.80. The number of aliphatic hydroxyl groups excluding tert-OH is 1. The summed E-state index contributed by atoms with van der Waals surface area (Å²) in [4.78, 5) is 10.5. The number of carbonyl (C=O) groups is 1. The molecule has 1 rings (SSSR count). The predicted molar refractivity (Wildman–Crippen MR) is 56.5 cm³/mol. The lowest BCUT2D eigenvalue weighted by Crippen LogP contribution is -2.25. The summed E-state index contributed by atoms with van der Waals surface area (Å²) in [6.07, 6.45) is -2.64. The maximum absolute atomic E-state index is 10.5. The molecule has 0 fully saturated rings. The number of amides is 1. The first-order valence-corrected chi connectivity index (χ1v) is 4.78. The zero-order valence-electron chi connectivity index (χ0n) is 8.18. The van der Waals surface area contributed by atoms with E-state index >= 15 is 0 Å². The third-order valence-electron chi connectivity index (χ3n) is 1.97. The number of hydrogen-bond donors (Lipinski definition) is 2. The van der Waals surface area contributed by atoms with Gasteiger partial charge in [0.15, 0.2) is 0 Å². The third-order valence-corrected chi connectivity index (χ3v) is 2.31. The van der Waals surface area contributed by atoms with Crippen molar-refractivity contribution >= 4 is 17.7 Å². The van der Waals surface area contributed by atoms with Crippen molar-refractivity contribution in [2.75, 3.05) is 0 Å². The molecular formula is C10H12ClNO3. The Morgan fingerprint density at radius 3 is 2.67 bits per heavy atom. The van der Waals surface area contributed by atoms with Gasteiger partial charge in [-0.3, -0.25) is 0 Å². The highest BCUT2D eigenvalue weighted by molar-refractivity contribution is 6.31. The van der Waals surface area contributed by atoms with Crippen LogP contribution in [0.15, 0.2) is 24.3 Å². The van der Waals surface area contributed by atoms with Crippen LogP contribution in [-0.2, 0) is 4.74 Å². The molecular weight excluding hydrogens is 218 g/mol. The number of ether oxygens (including phenoxy) is 1. The lowest BCUT2D eigenvalue weighted by atomic mass is 10.1. The molecule has 0 unspecified atom stereocenters. The maximum atomic E-state index is 10.5. The fraction of sp³-hybridized carbons (Fsp3) is 0.300. The van der Waals surface area contributed by atoms with Crippen molar-refractivity contribution in [3.05, 3.63) is 34.9 Å². The van der Waals surface area contributed by atoms with Gasteiger partial charge in [-0.05, 0) is 13.0 Å². The molecule has 0 heterocycles. The highest BCUT2D eigenvalue weighted by atomic mass is 35.5. The Bertz CT molecular complexity index is 356. The monoisotopic (exact) mass is 229 g/mol. The second kappa shape index (κ2) is 5.00. The zero-order valence-corrected chi connectivity index (χ0v) is 8.94. The van der Waals surface area contributed by atoms with Crippen LogP contribution < -0.4 is 5.73 Å². The van der Waals surface area contributed by atoms with Gasteiger partial charge >= 0.3 is 6.09 Å². The Morgan fingerprint density at radius 1 is 1.53 bits per heavy atom. The smallest absolute Gasteiger partial charge is 0.404 e. The molecule has 1 aromatic carbocycles. The van der Waals surface area contributed by atoms with Gasteiger partial charge in [0.2, 0.25) is 0 Å². The Labute approximate surface area is 92.6 Å². The average Bonchev–Trinajstić information content (AvgIpc) is 2.16. The number of benzene rings is 1. The van der Waals surface area contributed by atoms with Gasteiger partial charge < -0.3 is 15.6 Å². The second-order valence-electron chi connectivity index (χ2n) is 3.11. The van der Waals surface area contributed by atoms with E-state index in [2.05, 4.69) is 4.74 Å². The first kappa shape index (κ1) is 11.8. The molecule has 1 aromatic rings. The van der Waals surface area contributed by atoms with E-state index in [1.54, 1.807) is 31.2 Å². The minimum atomic E-state index is -0.980. The predicted octanol–water partition coefficient (Wildman–Crippen LogP) is 1.86. The number of primary amides is 1. The molecule has 0 radical (unpaired) electrons. The van der Waals surface area contributed by atoms with Gasteiger partial charge in [-0.2, -0.15) is 0 Å². The molecule has 0 aromatic heterocycles. The van der Waals surface area contributed by atoms with Crippen molar-refractivity contribution in [3.8, 4) is 0 Å². The molecule has 5 heteroatoms. The topological polar surface area (TPSA) is 72.5 Å². The van der Waals surface area contributed by atoms with E-state index in [0.717, 1.165) is 0 Å². The normalized spacial score (nSPS) is 14.3. The third kappa shape index (κ3) is 3.11. The molecule has 0 spiro atoms. The number of carbonyl (C=O) groups excluding carboxylic acids is 1. The van der Waals surface area contributed by atoms with E-state index in [1.807, 2.05) is 0 Å². The molecule has 82 valence electrons. The number of aliphatic hydroxyl groups is 1.